The summed E-state index contributed by atoms with van der Waals surface area (Å²) in [6.45, 7) is 5.77. The summed E-state index contributed by atoms with van der Waals surface area (Å²) in [5.74, 6) is 0. The third-order valence-corrected chi connectivity index (χ3v) is 0.478. The summed E-state index contributed by atoms with van der Waals surface area (Å²) in [4.78, 5) is 0. The van der Waals surface area contributed by atoms with E-state index in [1.165, 1.54) is 0 Å². The molecule has 0 rings (SSSR count). The van der Waals surface area contributed by atoms with Crippen LogP contribution in [-0.2, 0) is 4.74 Å². The number of rotatable bonds is 3. The van der Waals surface area contributed by atoms with Crippen LogP contribution in [0.15, 0.2) is 25.5 Å². The number of hydrogen-bond donors (Lipinski definition) is 0. The van der Waals surface area contributed by atoms with Gasteiger partial charge >= 0.3 is 6.11 Å². The quantitative estimate of drug-likeness (QED) is 0.408. The Balaban J connectivity index is 3.70. The first kappa shape index (κ1) is 7.14. The van der Waals surface area contributed by atoms with Crippen molar-refractivity contribution in [3.8, 4) is 0 Å². The highest BCUT2D eigenvalue weighted by Crippen LogP contribution is 2.15. The topological polar surface area (TPSA) is 9.23 Å². The van der Waals surface area contributed by atoms with Crippen molar-refractivity contribution in [2.75, 3.05) is 0 Å². The summed E-state index contributed by atoms with van der Waals surface area (Å²) >= 11 is 0. The standard InChI is InChI=1S/C5H6F2O/c1-3-5(6,7)8-4-2/h3-4H,1-2H2. The molecule has 0 fully saturated rings. The minimum atomic E-state index is -3.26. The van der Waals surface area contributed by atoms with Crippen molar-refractivity contribution in [2.24, 2.45) is 0 Å². The molecule has 8 heavy (non-hydrogen) atoms. The molecule has 0 N–H and O–H groups in total. The van der Waals surface area contributed by atoms with Gasteiger partial charge in [0.05, 0.1) is 6.26 Å². The molecule has 0 aliphatic heterocycles. The van der Waals surface area contributed by atoms with E-state index in [9.17, 15) is 8.78 Å². The maximum atomic E-state index is 11.7. The third kappa shape index (κ3) is 2.34. The highest BCUT2D eigenvalue weighted by Gasteiger charge is 2.23. The third-order valence-electron chi connectivity index (χ3n) is 0.478. The zero-order chi connectivity index (χ0) is 6.62. The molecule has 0 amide bonds. The van der Waals surface area contributed by atoms with E-state index in [0.717, 1.165) is 0 Å². The van der Waals surface area contributed by atoms with E-state index in [4.69, 9.17) is 0 Å². The zero-order valence-electron chi connectivity index (χ0n) is 4.23. The fourth-order valence-corrected chi connectivity index (χ4v) is 0.159. The van der Waals surface area contributed by atoms with Crippen LogP contribution in [-0.4, -0.2) is 6.11 Å². The van der Waals surface area contributed by atoms with Crippen molar-refractivity contribution in [1.82, 2.24) is 0 Å². The molecule has 0 aliphatic rings. The van der Waals surface area contributed by atoms with E-state index in [0.29, 0.717) is 12.3 Å². The van der Waals surface area contributed by atoms with Crippen LogP contribution in [0.2, 0.25) is 0 Å². The number of hydrogen-bond acceptors (Lipinski definition) is 1. The molecule has 0 atom stereocenters. The first-order valence-electron chi connectivity index (χ1n) is 1.92. The van der Waals surface area contributed by atoms with Gasteiger partial charge in [0.2, 0.25) is 0 Å². The molecule has 0 aromatic heterocycles. The number of halogens is 2. The van der Waals surface area contributed by atoms with Crippen LogP contribution in [0.5, 0.6) is 0 Å². The average molecular weight is 120 g/mol. The van der Waals surface area contributed by atoms with E-state index in [1.54, 1.807) is 0 Å². The van der Waals surface area contributed by atoms with Crippen molar-refractivity contribution in [1.29, 1.82) is 0 Å². The van der Waals surface area contributed by atoms with Crippen LogP contribution in [0, 0.1) is 0 Å². The van der Waals surface area contributed by atoms with Gasteiger partial charge in [0.15, 0.2) is 0 Å². The summed E-state index contributed by atoms with van der Waals surface area (Å²) in [5, 5.41) is 0. The summed E-state index contributed by atoms with van der Waals surface area (Å²) < 4.78 is 27.2. The minimum absolute atomic E-state index is 0.397. The molecule has 0 unspecified atom stereocenters. The maximum Gasteiger partial charge on any atom is 0.418 e. The predicted octanol–water partition coefficient (Wildman–Crippen LogP) is 1.93. The van der Waals surface area contributed by atoms with Gasteiger partial charge in [-0.15, -0.1) is 0 Å². The highest BCUT2D eigenvalue weighted by molar-refractivity contribution is 4.79. The molecular formula is C5H6F2O. The van der Waals surface area contributed by atoms with E-state index < -0.39 is 6.11 Å². The SMILES string of the molecule is C=COC(F)(F)C=C. The molecule has 46 valence electrons. The molecule has 0 saturated carbocycles. The summed E-state index contributed by atoms with van der Waals surface area (Å²) in [7, 11) is 0. The van der Waals surface area contributed by atoms with Crippen LogP contribution in [0.3, 0.4) is 0 Å². The molecule has 1 nitrogen and oxygen atoms in total. The first-order valence-corrected chi connectivity index (χ1v) is 1.92. The van der Waals surface area contributed by atoms with Crippen molar-refractivity contribution in [3.05, 3.63) is 25.5 Å². The maximum absolute atomic E-state index is 11.7. The van der Waals surface area contributed by atoms with Gasteiger partial charge in [0.1, 0.15) is 0 Å². The van der Waals surface area contributed by atoms with E-state index in [1.807, 2.05) is 0 Å². The average Bonchev–Trinajstić information content (AvgIpc) is 1.67. The smallest absolute Gasteiger partial charge is 0.418 e. The Bertz CT molecular complexity index is 98.6. The van der Waals surface area contributed by atoms with Gasteiger partial charge in [-0.1, -0.05) is 13.2 Å². The number of ether oxygens (including phenoxy) is 1. The van der Waals surface area contributed by atoms with Gasteiger partial charge in [0, 0.05) is 6.08 Å². The largest absolute Gasteiger partial charge is 0.438 e. The van der Waals surface area contributed by atoms with Crippen molar-refractivity contribution >= 4 is 0 Å². The molecule has 0 aromatic carbocycles. The predicted molar refractivity (Wildman–Crippen MR) is 26.4 cm³/mol. The molecule has 3 heteroatoms. The second-order valence-electron chi connectivity index (χ2n) is 1.05. The van der Waals surface area contributed by atoms with Crippen molar-refractivity contribution in [2.45, 2.75) is 6.11 Å². The Hall–Kier alpha value is -0.860. The van der Waals surface area contributed by atoms with Crippen molar-refractivity contribution in [3.63, 3.8) is 0 Å². The lowest BCUT2D eigenvalue weighted by molar-refractivity contribution is -0.161. The van der Waals surface area contributed by atoms with Gasteiger partial charge in [-0.25, -0.2) is 0 Å². The Morgan fingerprint density at radius 3 is 2.00 bits per heavy atom. The molecular weight excluding hydrogens is 114 g/mol. The van der Waals surface area contributed by atoms with Gasteiger partial charge in [-0.3, -0.25) is 0 Å². The first-order chi connectivity index (χ1) is 3.62. The Kier molecular flexibility index (Phi) is 2.19. The Morgan fingerprint density at radius 1 is 1.38 bits per heavy atom. The molecule has 0 aliphatic carbocycles. The summed E-state index contributed by atoms with van der Waals surface area (Å²) in [5.41, 5.74) is 0. The second kappa shape index (κ2) is 2.45. The Morgan fingerprint density at radius 2 is 1.88 bits per heavy atom. The van der Waals surface area contributed by atoms with Crippen LogP contribution in [0.25, 0.3) is 0 Å². The summed E-state index contributed by atoms with van der Waals surface area (Å²) in [6, 6.07) is 0. The van der Waals surface area contributed by atoms with Gasteiger partial charge in [-0.05, 0) is 0 Å². The molecule has 0 heterocycles. The molecule has 0 bridgehead atoms. The Labute approximate surface area is 46.3 Å². The minimum Gasteiger partial charge on any atom is -0.438 e. The van der Waals surface area contributed by atoms with E-state index in [-0.39, 0.29) is 0 Å². The lowest BCUT2D eigenvalue weighted by Gasteiger charge is -2.07. The fraction of sp³-hybridized carbons (Fsp3) is 0.200. The van der Waals surface area contributed by atoms with Gasteiger partial charge < -0.3 is 4.74 Å². The molecule has 0 spiro atoms. The van der Waals surface area contributed by atoms with Crippen LogP contribution in [0.4, 0.5) is 8.78 Å². The lowest BCUT2D eigenvalue weighted by atomic mass is 10.6. The van der Waals surface area contributed by atoms with Gasteiger partial charge in [0.25, 0.3) is 0 Å². The van der Waals surface area contributed by atoms with Crippen LogP contribution in [0.1, 0.15) is 0 Å². The monoisotopic (exact) mass is 120 g/mol. The number of alkyl halides is 2. The second-order valence-corrected chi connectivity index (χ2v) is 1.05. The highest BCUT2D eigenvalue weighted by atomic mass is 19.3. The van der Waals surface area contributed by atoms with Gasteiger partial charge in [-0.2, -0.15) is 8.78 Å². The normalized spacial score (nSPS) is 10.2. The van der Waals surface area contributed by atoms with Crippen LogP contribution >= 0.6 is 0 Å². The molecule has 0 aromatic rings. The lowest BCUT2D eigenvalue weighted by Crippen LogP contribution is -2.12. The van der Waals surface area contributed by atoms with E-state index in [2.05, 4.69) is 17.9 Å². The molecule has 0 radical (unpaired) electrons. The molecule has 0 saturated heterocycles. The summed E-state index contributed by atoms with van der Waals surface area (Å²) in [6.07, 6.45) is -2.20. The van der Waals surface area contributed by atoms with Crippen LogP contribution < -0.4 is 0 Å². The van der Waals surface area contributed by atoms with Crippen molar-refractivity contribution < 1.29 is 13.5 Å². The fourth-order valence-electron chi connectivity index (χ4n) is 0.159. The zero-order valence-corrected chi connectivity index (χ0v) is 4.23. The van der Waals surface area contributed by atoms with E-state index >= 15 is 0 Å².